The van der Waals surface area contributed by atoms with E-state index >= 15 is 0 Å². The molecule has 0 aliphatic heterocycles. The molecule has 0 saturated carbocycles. The second-order valence-electron chi connectivity index (χ2n) is 2.93. The molecule has 0 aliphatic carbocycles. The first-order valence-corrected chi connectivity index (χ1v) is 4.65. The van der Waals surface area contributed by atoms with Crippen molar-refractivity contribution in [2.45, 2.75) is 38.7 Å². The van der Waals surface area contributed by atoms with Gasteiger partial charge in [0.05, 0.1) is 12.5 Å². The van der Waals surface area contributed by atoms with Crippen LogP contribution in [0.2, 0.25) is 0 Å². The van der Waals surface area contributed by atoms with Crippen molar-refractivity contribution in [3.63, 3.8) is 0 Å². The summed E-state index contributed by atoms with van der Waals surface area (Å²) in [5.41, 5.74) is 0. The summed E-state index contributed by atoms with van der Waals surface area (Å²) in [4.78, 5) is 10.4. The van der Waals surface area contributed by atoms with Crippen LogP contribution in [-0.4, -0.2) is 23.8 Å². The maximum absolute atomic E-state index is 10.4. The summed E-state index contributed by atoms with van der Waals surface area (Å²) < 4.78 is 5.38. The lowest BCUT2D eigenvalue weighted by Gasteiger charge is -2.13. The zero-order valence-electron chi connectivity index (χ0n) is 8.16. The number of hydrogen-bond acceptors (Lipinski definition) is 2. The fraction of sp³-hybridized carbons (Fsp3) is 0.700. The van der Waals surface area contributed by atoms with Gasteiger partial charge in [0.15, 0.2) is 0 Å². The lowest BCUT2D eigenvalue weighted by atomic mass is 10.2. The minimum atomic E-state index is -0.796. The third-order valence-corrected chi connectivity index (χ3v) is 1.76. The second kappa shape index (κ2) is 7.80. The molecule has 0 saturated heterocycles. The van der Waals surface area contributed by atoms with Crippen LogP contribution < -0.4 is 0 Å². The van der Waals surface area contributed by atoms with Crippen molar-refractivity contribution < 1.29 is 14.6 Å². The summed E-state index contributed by atoms with van der Waals surface area (Å²) in [6.45, 7) is 6.15. The Hall–Kier alpha value is -0.830. The van der Waals surface area contributed by atoms with Crippen LogP contribution >= 0.6 is 0 Å². The summed E-state index contributed by atoms with van der Waals surface area (Å²) in [5.74, 6) is -0.796. The van der Waals surface area contributed by atoms with E-state index in [1.807, 2.05) is 13.0 Å². The van der Waals surface area contributed by atoms with E-state index in [1.165, 1.54) is 0 Å². The van der Waals surface area contributed by atoms with Crippen LogP contribution in [0, 0.1) is 0 Å². The number of carboxylic acids is 1. The SMILES string of the molecule is C=CCCCOC(CC)CC(=O)O. The lowest BCUT2D eigenvalue weighted by molar-refractivity contribution is -0.140. The molecule has 0 fully saturated rings. The van der Waals surface area contributed by atoms with Gasteiger partial charge in [-0.15, -0.1) is 6.58 Å². The molecule has 0 aromatic heterocycles. The van der Waals surface area contributed by atoms with Crippen molar-refractivity contribution in [2.75, 3.05) is 6.61 Å². The first-order chi connectivity index (χ1) is 6.20. The lowest BCUT2D eigenvalue weighted by Crippen LogP contribution is -2.17. The second-order valence-corrected chi connectivity index (χ2v) is 2.93. The Bertz CT molecular complexity index is 154. The Morgan fingerprint density at radius 2 is 2.38 bits per heavy atom. The van der Waals surface area contributed by atoms with E-state index in [1.54, 1.807) is 0 Å². The highest BCUT2D eigenvalue weighted by molar-refractivity contribution is 5.67. The number of aliphatic carboxylic acids is 1. The highest BCUT2D eigenvalue weighted by Gasteiger charge is 2.10. The van der Waals surface area contributed by atoms with Gasteiger partial charge in [0.1, 0.15) is 0 Å². The molecule has 0 aliphatic rings. The van der Waals surface area contributed by atoms with E-state index in [4.69, 9.17) is 9.84 Å². The van der Waals surface area contributed by atoms with Gasteiger partial charge in [-0.25, -0.2) is 0 Å². The zero-order chi connectivity index (χ0) is 10.1. The minimum absolute atomic E-state index is 0.102. The van der Waals surface area contributed by atoms with Gasteiger partial charge in [-0.3, -0.25) is 4.79 Å². The van der Waals surface area contributed by atoms with Crippen LogP contribution in [0.1, 0.15) is 32.6 Å². The van der Waals surface area contributed by atoms with E-state index in [2.05, 4.69) is 6.58 Å². The number of hydrogen-bond donors (Lipinski definition) is 1. The van der Waals surface area contributed by atoms with Gasteiger partial charge in [0.2, 0.25) is 0 Å². The van der Waals surface area contributed by atoms with Crippen LogP contribution in [0.15, 0.2) is 12.7 Å². The van der Waals surface area contributed by atoms with Gasteiger partial charge < -0.3 is 9.84 Å². The van der Waals surface area contributed by atoms with E-state index in [0.29, 0.717) is 6.61 Å². The van der Waals surface area contributed by atoms with Crippen molar-refractivity contribution >= 4 is 5.97 Å². The van der Waals surface area contributed by atoms with Crippen LogP contribution in [0.5, 0.6) is 0 Å². The Kier molecular flexibility index (Phi) is 7.30. The van der Waals surface area contributed by atoms with Gasteiger partial charge in [-0.05, 0) is 19.3 Å². The molecule has 13 heavy (non-hydrogen) atoms. The highest BCUT2D eigenvalue weighted by atomic mass is 16.5. The minimum Gasteiger partial charge on any atom is -0.481 e. The Morgan fingerprint density at radius 3 is 2.85 bits per heavy atom. The quantitative estimate of drug-likeness (QED) is 0.467. The molecule has 0 spiro atoms. The van der Waals surface area contributed by atoms with Crippen molar-refractivity contribution in [1.29, 1.82) is 0 Å². The molecule has 3 heteroatoms. The molecule has 76 valence electrons. The molecular formula is C10H18O3. The number of carboxylic acid groups (broad SMARTS) is 1. The number of rotatable bonds is 8. The van der Waals surface area contributed by atoms with Gasteiger partial charge in [0.25, 0.3) is 0 Å². The summed E-state index contributed by atoms with van der Waals surface area (Å²) in [6, 6.07) is 0. The average molecular weight is 186 g/mol. The standard InChI is InChI=1S/C10H18O3/c1-3-5-6-7-13-9(4-2)8-10(11)12/h3,9H,1,4-8H2,2H3,(H,11,12). The first-order valence-electron chi connectivity index (χ1n) is 4.65. The number of allylic oxidation sites excluding steroid dienone is 1. The summed E-state index contributed by atoms with van der Waals surface area (Å²) in [5, 5.41) is 8.52. The maximum Gasteiger partial charge on any atom is 0.305 e. The third-order valence-electron chi connectivity index (χ3n) is 1.76. The summed E-state index contributed by atoms with van der Waals surface area (Å²) in [6.07, 6.45) is 4.39. The van der Waals surface area contributed by atoms with Crippen LogP contribution in [0.25, 0.3) is 0 Å². The predicted octanol–water partition coefficient (Wildman–Crippen LogP) is 2.22. The first kappa shape index (κ1) is 12.2. The molecule has 0 rings (SSSR count). The molecule has 0 aromatic carbocycles. The number of unbranched alkanes of at least 4 members (excludes halogenated alkanes) is 1. The molecule has 0 radical (unpaired) electrons. The summed E-state index contributed by atoms with van der Waals surface area (Å²) in [7, 11) is 0. The Balaban J connectivity index is 3.47. The van der Waals surface area contributed by atoms with E-state index < -0.39 is 5.97 Å². The number of carbonyl (C=O) groups is 1. The highest BCUT2D eigenvalue weighted by Crippen LogP contribution is 2.04. The predicted molar refractivity (Wildman–Crippen MR) is 51.7 cm³/mol. The zero-order valence-corrected chi connectivity index (χ0v) is 8.16. The number of ether oxygens (including phenoxy) is 1. The van der Waals surface area contributed by atoms with Crippen molar-refractivity contribution in [1.82, 2.24) is 0 Å². The smallest absolute Gasteiger partial charge is 0.305 e. The molecule has 0 aromatic rings. The molecule has 1 N–H and O–H groups in total. The molecule has 0 heterocycles. The Labute approximate surface area is 79.4 Å². The average Bonchev–Trinajstić information content (AvgIpc) is 2.09. The van der Waals surface area contributed by atoms with Crippen LogP contribution in [0.3, 0.4) is 0 Å². The molecule has 1 atom stereocenters. The maximum atomic E-state index is 10.4. The fourth-order valence-electron chi connectivity index (χ4n) is 0.994. The monoisotopic (exact) mass is 186 g/mol. The molecule has 0 amide bonds. The fourth-order valence-corrected chi connectivity index (χ4v) is 0.994. The molecule has 0 bridgehead atoms. The van der Waals surface area contributed by atoms with E-state index in [9.17, 15) is 4.79 Å². The van der Waals surface area contributed by atoms with Gasteiger partial charge in [-0.2, -0.15) is 0 Å². The van der Waals surface area contributed by atoms with Crippen molar-refractivity contribution in [3.05, 3.63) is 12.7 Å². The molecular weight excluding hydrogens is 168 g/mol. The molecule has 1 unspecified atom stereocenters. The topological polar surface area (TPSA) is 46.5 Å². The molecule has 3 nitrogen and oxygen atoms in total. The van der Waals surface area contributed by atoms with E-state index in [0.717, 1.165) is 19.3 Å². The van der Waals surface area contributed by atoms with Gasteiger partial charge in [-0.1, -0.05) is 13.0 Å². The van der Waals surface area contributed by atoms with Crippen molar-refractivity contribution in [2.24, 2.45) is 0 Å². The van der Waals surface area contributed by atoms with Crippen LogP contribution in [-0.2, 0) is 9.53 Å². The Morgan fingerprint density at radius 1 is 1.69 bits per heavy atom. The van der Waals surface area contributed by atoms with E-state index in [-0.39, 0.29) is 12.5 Å². The third kappa shape index (κ3) is 7.53. The summed E-state index contributed by atoms with van der Waals surface area (Å²) >= 11 is 0. The normalized spacial score (nSPS) is 12.4. The van der Waals surface area contributed by atoms with Crippen molar-refractivity contribution in [3.8, 4) is 0 Å². The largest absolute Gasteiger partial charge is 0.481 e. The van der Waals surface area contributed by atoms with Gasteiger partial charge >= 0.3 is 5.97 Å². The van der Waals surface area contributed by atoms with Gasteiger partial charge in [0, 0.05) is 6.61 Å². The van der Waals surface area contributed by atoms with Crippen LogP contribution in [0.4, 0.5) is 0 Å².